The second-order valence-corrected chi connectivity index (χ2v) is 4.57. The zero-order valence-corrected chi connectivity index (χ0v) is 9.89. The van der Waals surface area contributed by atoms with Crippen LogP contribution in [-0.2, 0) is 4.79 Å². The first-order valence-electron chi connectivity index (χ1n) is 6.15. The molecule has 96 valence electrons. The van der Waals surface area contributed by atoms with Crippen molar-refractivity contribution in [3.05, 3.63) is 0 Å². The first kappa shape index (κ1) is 12.3. The second-order valence-electron chi connectivity index (χ2n) is 4.57. The zero-order valence-electron chi connectivity index (χ0n) is 9.89. The third-order valence-electron chi connectivity index (χ3n) is 3.51. The van der Waals surface area contributed by atoms with E-state index >= 15 is 0 Å². The van der Waals surface area contributed by atoms with Gasteiger partial charge in [-0.15, -0.1) is 0 Å². The molecule has 2 aliphatic rings. The Labute approximate surface area is 101 Å². The van der Waals surface area contributed by atoms with Gasteiger partial charge in [0.25, 0.3) is 0 Å². The van der Waals surface area contributed by atoms with Crippen molar-refractivity contribution in [3.8, 4) is 0 Å². The van der Waals surface area contributed by atoms with Crippen LogP contribution in [0, 0.1) is 0 Å². The van der Waals surface area contributed by atoms with Gasteiger partial charge in [-0.25, -0.2) is 4.79 Å². The smallest absolute Gasteiger partial charge is 0.324 e. The number of nitrogens with one attached hydrogen (secondary N) is 1. The SMILES string of the molecule is O=C1CNC(=O)N1CCN1CCCCC1CO. The van der Waals surface area contributed by atoms with Crippen molar-refractivity contribution in [1.29, 1.82) is 0 Å². The highest BCUT2D eigenvalue weighted by Gasteiger charge is 2.29. The highest BCUT2D eigenvalue weighted by atomic mass is 16.3. The minimum absolute atomic E-state index is 0.113. The fourth-order valence-electron chi connectivity index (χ4n) is 2.47. The van der Waals surface area contributed by atoms with Gasteiger partial charge in [-0.1, -0.05) is 6.42 Å². The quantitative estimate of drug-likeness (QED) is 0.644. The molecule has 1 unspecified atom stereocenters. The Morgan fingerprint density at radius 1 is 1.29 bits per heavy atom. The highest BCUT2D eigenvalue weighted by Crippen LogP contribution is 2.16. The van der Waals surface area contributed by atoms with Crippen molar-refractivity contribution in [2.24, 2.45) is 0 Å². The van der Waals surface area contributed by atoms with E-state index in [0.29, 0.717) is 13.1 Å². The average Bonchev–Trinajstić information content (AvgIpc) is 2.67. The Hall–Kier alpha value is -1.14. The molecule has 6 nitrogen and oxygen atoms in total. The van der Waals surface area contributed by atoms with Crippen LogP contribution in [0.25, 0.3) is 0 Å². The maximum absolute atomic E-state index is 11.4. The molecule has 0 aromatic heterocycles. The van der Waals surface area contributed by atoms with Crippen molar-refractivity contribution in [1.82, 2.24) is 15.1 Å². The summed E-state index contributed by atoms with van der Waals surface area (Å²) in [7, 11) is 0. The van der Waals surface area contributed by atoms with Gasteiger partial charge in [0, 0.05) is 19.1 Å². The molecule has 2 N–H and O–H groups in total. The standard InChI is InChI=1S/C11H19N3O3/c15-8-9-3-1-2-4-13(9)5-6-14-10(16)7-12-11(14)17/h9,15H,1-8H2,(H,12,17). The summed E-state index contributed by atoms with van der Waals surface area (Å²) < 4.78 is 0. The Kier molecular flexibility index (Phi) is 3.96. The van der Waals surface area contributed by atoms with Crippen LogP contribution in [0.3, 0.4) is 0 Å². The van der Waals surface area contributed by atoms with E-state index in [2.05, 4.69) is 10.2 Å². The number of urea groups is 1. The molecule has 0 bridgehead atoms. The number of carbonyl (C=O) groups excluding carboxylic acids is 2. The lowest BCUT2D eigenvalue weighted by Crippen LogP contribution is -2.46. The van der Waals surface area contributed by atoms with E-state index in [1.54, 1.807) is 0 Å². The predicted molar refractivity (Wildman–Crippen MR) is 61.4 cm³/mol. The predicted octanol–water partition coefficient (Wildman–Crippen LogP) is -0.615. The van der Waals surface area contributed by atoms with Crippen molar-refractivity contribution in [3.63, 3.8) is 0 Å². The van der Waals surface area contributed by atoms with E-state index in [1.807, 2.05) is 0 Å². The molecular formula is C11H19N3O3. The normalized spacial score (nSPS) is 26.4. The monoisotopic (exact) mass is 241 g/mol. The number of nitrogens with zero attached hydrogens (tertiary/aromatic N) is 2. The van der Waals surface area contributed by atoms with Gasteiger partial charge in [0.1, 0.15) is 0 Å². The fourth-order valence-corrected chi connectivity index (χ4v) is 2.47. The number of hydrogen-bond acceptors (Lipinski definition) is 4. The first-order chi connectivity index (χ1) is 8.22. The van der Waals surface area contributed by atoms with Crippen LogP contribution >= 0.6 is 0 Å². The molecule has 17 heavy (non-hydrogen) atoms. The molecule has 3 amide bonds. The number of aliphatic hydroxyl groups is 1. The van der Waals surface area contributed by atoms with Crippen molar-refractivity contribution < 1.29 is 14.7 Å². The molecule has 2 fully saturated rings. The van der Waals surface area contributed by atoms with Crippen LogP contribution in [0.1, 0.15) is 19.3 Å². The second kappa shape index (κ2) is 5.46. The summed E-state index contributed by atoms with van der Waals surface area (Å²) in [6.07, 6.45) is 3.26. The number of aliphatic hydroxyl groups excluding tert-OH is 1. The van der Waals surface area contributed by atoms with Gasteiger partial charge in [-0.05, 0) is 19.4 Å². The van der Waals surface area contributed by atoms with Gasteiger partial charge in [0.15, 0.2) is 0 Å². The van der Waals surface area contributed by atoms with Gasteiger partial charge in [0.05, 0.1) is 13.2 Å². The van der Waals surface area contributed by atoms with Crippen molar-refractivity contribution >= 4 is 11.9 Å². The van der Waals surface area contributed by atoms with E-state index in [9.17, 15) is 14.7 Å². The van der Waals surface area contributed by atoms with Crippen LogP contribution in [0.2, 0.25) is 0 Å². The van der Waals surface area contributed by atoms with E-state index in [1.165, 1.54) is 4.90 Å². The van der Waals surface area contributed by atoms with Crippen molar-refractivity contribution in [2.45, 2.75) is 25.3 Å². The summed E-state index contributed by atoms with van der Waals surface area (Å²) >= 11 is 0. The van der Waals surface area contributed by atoms with E-state index in [-0.39, 0.29) is 31.1 Å². The van der Waals surface area contributed by atoms with Gasteiger partial charge in [-0.3, -0.25) is 14.6 Å². The third kappa shape index (κ3) is 2.76. The molecule has 0 aliphatic carbocycles. The van der Waals surface area contributed by atoms with Gasteiger partial charge >= 0.3 is 6.03 Å². The summed E-state index contributed by atoms with van der Waals surface area (Å²) in [5.41, 5.74) is 0. The zero-order chi connectivity index (χ0) is 12.3. The van der Waals surface area contributed by atoms with Gasteiger partial charge < -0.3 is 10.4 Å². The minimum atomic E-state index is -0.299. The number of likely N-dealkylation sites (tertiary alicyclic amines) is 1. The number of hydrogen-bond donors (Lipinski definition) is 2. The van der Waals surface area contributed by atoms with Crippen LogP contribution < -0.4 is 5.32 Å². The molecule has 2 aliphatic heterocycles. The summed E-state index contributed by atoms with van der Waals surface area (Å²) in [6.45, 7) is 2.28. The molecule has 0 radical (unpaired) electrons. The Bertz CT molecular complexity index is 292. The van der Waals surface area contributed by atoms with Crippen molar-refractivity contribution in [2.75, 3.05) is 32.8 Å². The number of piperidine rings is 1. The number of rotatable bonds is 4. The lowest BCUT2D eigenvalue weighted by atomic mass is 10.0. The van der Waals surface area contributed by atoms with Crippen LogP contribution in [0.4, 0.5) is 4.79 Å². The van der Waals surface area contributed by atoms with Crippen LogP contribution in [0.5, 0.6) is 0 Å². The molecule has 0 spiro atoms. The molecule has 2 rings (SSSR count). The molecule has 6 heteroatoms. The summed E-state index contributed by atoms with van der Waals surface area (Å²) in [5.74, 6) is -0.160. The molecule has 0 aromatic carbocycles. The van der Waals surface area contributed by atoms with Gasteiger partial charge in [-0.2, -0.15) is 0 Å². The topological polar surface area (TPSA) is 72.9 Å². The minimum Gasteiger partial charge on any atom is -0.395 e. The number of carbonyl (C=O) groups is 2. The number of amides is 3. The Morgan fingerprint density at radius 3 is 2.76 bits per heavy atom. The summed E-state index contributed by atoms with van der Waals surface area (Å²) in [5, 5.41) is 11.8. The average molecular weight is 241 g/mol. The van der Waals surface area contributed by atoms with Crippen LogP contribution in [0.15, 0.2) is 0 Å². The van der Waals surface area contributed by atoms with Crippen LogP contribution in [-0.4, -0.2) is 65.7 Å². The molecule has 2 saturated heterocycles. The molecular weight excluding hydrogens is 222 g/mol. The number of imide groups is 1. The highest BCUT2D eigenvalue weighted by molar-refractivity contribution is 6.01. The van der Waals surface area contributed by atoms with E-state index in [4.69, 9.17) is 0 Å². The maximum Gasteiger partial charge on any atom is 0.324 e. The summed E-state index contributed by atoms with van der Waals surface area (Å²) in [4.78, 5) is 26.1. The first-order valence-corrected chi connectivity index (χ1v) is 6.15. The third-order valence-corrected chi connectivity index (χ3v) is 3.51. The van der Waals surface area contributed by atoms with Gasteiger partial charge in [0.2, 0.25) is 5.91 Å². The molecule has 2 heterocycles. The lowest BCUT2D eigenvalue weighted by Gasteiger charge is -2.35. The maximum atomic E-state index is 11.4. The lowest BCUT2D eigenvalue weighted by molar-refractivity contribution is -0.125. The van der Waals surface area contributed by atoms with E-state index < -0.39 is 0 Å². The fraction of sp³-hybridized carbons (Fsp3) is 0.818. The molecule has 1 atom stereocenters. The summed E-state index contributed by atoms with van der Waals surface area (Å²) in [6, 6.07) is -0.114. The largest absolute Gasteiger partial charge is 0.395 e. The molecule has 0 saturated carbocycles. The Balaban J connectivity index is 1.84. The Morgan fingerprint density at radius 2 is 2.12 bits per heavy atom. The molecule has 0 aromatic rings. The van der Waals surface area contributed by atoms with E-state index in [0.717, 1.165) is 25.8 Å².